The number of nitrogens with one attached hydrogen (secondary N) is 1. The Kier molecular flexibility index (Phi) is 5.45. The minimum atomic E-state index is 0.153. The fourth-order valence-electron chi connectivity index (χ4n) is 2.79. The van der Waals surface area contributed by atoms with Crippen LogP contribution in [-0.2, 0) is 4.79 Å². The van der Waals surface area contributed by atoms with Gasteiger partial charge in [-0.15, -0.1) is 0 Å². The lowest BCUT2D eigenvalue weighted by Gasteiger charge is -2.36. The molecule has 0 radical (unpaired) electrons. The van der Waals surface area contributed by atoms with E-state index in [0.717, 1.165) is 44.0 Å². The summed E-state index contributed by atoms with van der Waals surface area (Å²) in [4.78, 5) is 20.3. The summed E-state index contributed by atoms with van der Waals surface area (Å²) in [5.41, 5.74) is 7.25. The zero-order valence-electron chi connectivity index (χ0n) is 13.7. The van der Waals surface area contributed by atoms with Crippen molar-refractivity contribution in [2.45, 2.75) is 12.8 Å². The van der Waals surface area contributed by atoms with E-state index in [2.05, 4.69) is 20.1 Å². The van der Waals surface area contributed by atoms with E-state index in [1.54, 1.807) is 0 Å². The van der Waals surface area contributed by atoms with Gasteiger partial charge < -0.3 is 20.9 Å². The summed E-state index contributed by atoms with van der Waals surface area (Å²) in [6.45, 7) is 4.56. The molecule has 0 atom stereocenters. The van der Waals surface area contributed by atoms with Gasteiger partial charge in [-0.3, -0.25) is 9.79 Å². The van der Waals surface area contributed by atoms with Gasteiger partial charge in [0.15, 0.2) is 5.96 Å². The maximum absolute atomic E-state index is 11.5. The van der Waals surface area contributed by atoms with Gasteiger partial charge in [-0.05, 0) is 37.1 Å². The normalized spacial score (nSPS) is 18.6. The van der Waals surface area contributed by atoms with Crippen LogP contribution >= 0.6 is 11.6 Å². The average molecular weight is 350 g/mol. The van der Waals surface area contributed by atoms with Crippen LogP contribution in [0.4, 0.5) is 5.69 Å². The zero-order valence-corrected chi connectivity index (χ0v) is 14.5. The number of benzene rings is 1. The summed E-state index contributed by atoms with van der Waals surface area (Å²) >= 11 is 5.93. The molecule has 2 aliphatic rings. The fourth-order valence-corrected chi connectivity index (χ4v) is 2.91. The lowest BCUT2D eigenvalue weighted by molar-refractivity contribution is -0.122. The summed E-state index contributed by atoms with van der Waals surface area (Å²) in [7, 11) is 0. The SMILES string of the molecule is NC(=NCCNC(=O)C1CC1)N1CCN(c2ccc(Cl)cc2)CC1. The highest BCUT2D eigenvalue weighted by Gasteiger charge is 2.29. The molecule has 3 rings (SSSR count). The Bertz CT molecular complexity index is 592. The van der Waals surface area contributed by atoms with E-state index >= 15 is 0 Å². The third-order valence-corrected chi connectivity index (χ3v) is 4.68. The average Bonchev–Trinajstić information content (AvgIpc) is 3.44. The minimum Gasteiger partial charge on any atom is -0.370 e. The largest absolute Gasteiger partial charge is 0.370 e. The number of halogens is 1. The van der Waals surface area contributed by atoms with Crippen molar-refractivity contribution < 1.29 is 4.79 Å². The number of anilines is 1. The molecule has 1 amide bonds. The monoisotopic (exact) mass is 349 g/mol. The van der Waals surface area contributed by atoms with Crippen LogP contribution in [0.25, 0.3) is 0 Å². The molecule has 3 N–H and O–H groups in total. The van der Waals surface area contributed by atoms with E-state index in [1.165, 1.54) is 5.69 Å². The molecular formula is C17H24ClN5O. The molecule has 0 spiro atoms. The second-order valence-electron chi connectivity index (χ2n) is 6.26. The van der Waals surface area contributed by atoms with Gasteiger partial charge in [-0.1, -0.05) is 11.6 Å². The van der Waals surface area contributed by atoms with Gasteiger partial charge in [-0.25, -0.2) is 0 Å². The van der Waals surface area contributed by atoms with E-state index < -0.39 is 0 Å². The molecular weight excluding hydrogens is 326 g/mol. The molecule has 0 bridgehead atoms. The van der Waals surface area contributed by atoms with Gasteiger partial charge in [0, 0.05) is 49.4 Å². The van der Waals surface area contributed by atoms with Crippen LogP contribution in [0.2, 0.25) is 5.02 Å². The molecule has 1 saturated heterocycles. The summed E-state index contributed by atoms with van der Waals surface area (Å²) in [6.07, 6.45) is 2.05. The predicted molar refractivity (Wildman–Crippen MR) is 97.5 cm³/mol. The molecule has 1 heterocycles. The van der Waals surface area contributed by atoms with Gasteiger partial charge in [0.05, 0.1) is 6.54 Å². The number of aliphatic imine (C=N–C) groups is 1. The predicted octanol–water partition coefficient (Wildman–Crippen LogP) is 1.30. The molecule has 1 aromatic carbocycles. The van der Waals surface area contributed by atoms with Gasteiger partial charge >= 0.3 is 0 Å². The van der Waals surface area contributed by atoms with Crippen molar-refractivity contribution in [1.29, 1.82) is 0 Å². The Hall–Kier alpha value is -1.95. The van der Waals surface area contributed by atoms with Crippen molar-refractivity contribution in [2.24, 2.45) is 16.6 Å². The first-order chi connectivity index (χ1) is 11.6. The highest BCUT2D eigenvalue weighted by Crippen LogP contribution is 2.28. The smallest absolute Gasteiger partial charge is 0.223 e. The lowest BCUT2D eigenvalue weighted by atomic mass is 10.2. The molecule has 2 fully saturated rings. The van der Waals surface area contributed by atoms with E-state index in [0.29, 0.717) is 19.0 Å². The standard InChI is InChI=1S/C17H24ClN5O/c18-14-3-5-15(6-4-14)22-9-11-23(12-10-22)17(19)21-8-7-20-16(24)13-1-2-13/h3-6,13H,1-2,7-12H2,(H2,19,21)(H,20,24). The molecule has 1 aliphatic carbocycles. The van der Waals surface area contributed by atoms with Gasteiger partial charge in [0.1, 0.15) is 0 Å². The maximum atomic E-state index is 11.5. The molecule has 24 heavy (non-hydrogen) atoms. The molecule has 7 heteroatoms. The third kappa shape index (κ3) is 4.54. The Morgan fingerprint density at radius 1 is 1.21 bits per heavy atom. The Labute approximate surface area is 147 Å². The molecule has 1 aliphatic heterocycles. The quantitative estimate of drug-likeness (QED) is 0.477. The van der Waals surface area contributed by atoms with E-state index in [1.807, 2.05) is 24.3 Å². The van der Waals surface area contributed by atoms with Gasteiger partial charge in [-0.2, -0.15) is 0 Å². The van der Waals surface area contributed by atoms with Crippen LogP contribution in [0, 0.1) is 5.92 Å². The molecule has 1 saturated carbocycles. The van der Waals surface area contributed by atoms with E-state index in [-0.39, 0.29) is 11.8 Å². The highest BCUT2D eigenvalue weighted by atomic mass is 35.5. The van der Waals surface area contributed by atoms with Crippen molar-refractivity contribution in [3.8, 4) is 0 Å². The fraction of sp³-hybridized carbons (Fsp3) is 0.529. The van der Waals surface area contributed by atoms with Crippen molar-refractivity contribution in [3.63, 3.8) is 0 Å². The number of carbonyl (C=O) groups is 1. The van der Waals surface area contributed by atoms with Gasteiger partial charge in [0.2, 0.25) is 5.91 Å². The van der Waals surface area contributed by atoms with Gasteiger partial charge in [0.25, 0.3) is 0 Å². The Balaban J connectivity index is 1.40. The maximum Gasteiger partial charge on any atom is 0.223 e. The summed E-state index contributed by atoms with van der Waals surface area (Å²) in [5, 5.41) is 3.65. The van der Waals surface area contributed by atoms with E-state index in [9.17, 15) is 4.79 Å². The minimum absolute atomic E-state index is 0.153. The first-order valence-electron chi connectivity index (χ1n) is 8.46. The van der Waals surface area contributed by atoms with Crippen LogP contribution in [-0.4, -0.2) is 56.0 Å². The second kappa shape index (κ2) is 7.75. The van der Waals surface area contributed by atoms with Crippen LogP contribution in [0.3, 0.4) is 0 Å². The number of piperazine rings is 1. The van der Waals surface area contributed by atoms with Crippen molar-refractivity contribution in [2.75, 3.05) is 44.2 Å². The molecule has 130 valence electrons. The number of hydrogen-bond donors (Lipinski definition) is 2. The number of nitrogens with two attached hydrogens (primary N) is 1. The number of nitrogens with zero attached hydrogens (tertiary/aromatic N) is 3. The number of carbonyl (C=O) groups excluding carboxylic acids is 1. The number of rotatable bonds is 5. The van der Waals surface area contributed by atoms with Crippen LogP contribution < -0.4 is 16.0 Å². The van der Waals surface area contributed by atoms with Crippen molar-refractivity contribution in [3.05, 3.63) is 29.3 Å². The first kappa shape index (κ1) is 16.9. The first-order valence-corrected chi connectivity index (χ1v) is 8.84. The second-order valence-corrected chi connectivity index (χ2v) is 6.69. The molecule has 6 nitrogen and oxygen atoms in total. The van der Waals surface area contributed by atoms with Crippen molar-refractivity contribution in [1.82, 2.24) is 10.2 Å². The lowest BCUT2D eigenvalue weighted by Crippen LogP contribution is -2.51. The van der Waals surface area contributed by atoms with Crippen LogP contribution in [0.1, 0.15) is 12.8 Å². The molecule has 1 aromatic rings. The number of hydrogen-bond acceptors (Lipinski definition) is 3. The van der Waals surface area contributed by atoms with Crippen LogP contribution in [0.15, 0.2) is 29.3 Å². The summed E-state index contributed by atoms with van der Waals surface area (Å²) in [6, 6.07) is 7.90. The Morgan fingerprint density at radius 3 is 2.50 bits per heavy atom. The summed E-state index contributed by atoms with van der Waals surface area (Å²) < 4.78 is 0. The summed E-state index contributed by atoms with van der Waals surface area (Å²) in [5.74, 6) is 0.957. The molecule has 0 aromatic heterocycles. The third-order valence-electron chi connectivity index (χ3n) is 4.43. The zero-order chi connectivity index (χ0) is 16.9. The van der Waals surface area contributed by atoms with E-state index in [4.69, 9.17) is 17.3 Å². The Morgan fingerprint density at radius 2 is 1.88 bits per heavy atom. The van der Waals surface area contributed by atoms with Crippen LogP contribution in [0.5, 0.6) is 0 Å². The number of amides is 1. The van der Waals surface area contributed by atoms with Crippen molar-refractivity contribution >= 4 is 29.2 Å². The highest BCUT2D eigenvalue weighted by molar-refractivity contribution is 6.30. The molecule has 0 unspecified atom stereocenters. The number of guanidine groups is 1. The topological polar surface area (TPSA) is 74.0 Å².